The third-order valence-electron chi connectivity index (χ3n) is 5.70. The molecule has 8 nitrogen and oxygen atoms in total. The van der Waals surface area contributed by atoms with E-state index in [1.54, 1.807) is 19.1 Å². The summed E-state index contributed by atoms with van der Waals surface area (Å²) in [7, 11) is 1.46. The first-order valence-electron chi connectivity index (χ1n) is 10.4. The Morgan fingerprint density at radius 1 is 1.19 bits per heavy atom. The molecule has 1 amide bonds. The van der Waals surface area contributed by atoms with E-state index in [0.29, 0.717) is 36.4 Å². The molecule has 0 aliphatic carbocycles. The number of carbonyl (C=O) groups excluding carboxylic acids is 1. The van der Waals surface area contributed by atoms with Gasteiger partial charge in [0.2, 0.25) is 5.95 Å². The van der Waals surface area contributed by atoms with E-state index in [2.05, 4.69) is 30.5 Å². The summed E-state index contributed by atoms with van der Waals surface area (Å²) in [4.78, 5) is 35.9. The Balaban J connectivity index is 1.38. The molecule has 3 aromatic rings. The molecule has 0 atom stereocenters. The van der Waals surface area contributed by atoms with E-state index in [1.807, 2.05) is 0 Å². The van der Waals surface area contributed by atoms with E-state index in [9.17, 15) is 18.4 Å². The van der Waals surface area contributed by atoms with Crippen molar-refractivity contribution in [3.05, 3.63) is 63.3 Å². The Morgan fingerprint density at radius 3 is 2.62 bits per heavy atom. The normalized spacial score (nSPS) is 15.1. The number of rotatable bonds is 5. The van der Waals surface area contributed by atoms with Crippen LogP contribution in [0.3, 0.4) is 0 Å². The number of amides is 1. The van der Waals surface area contributed by atoms with E-state index in [1.165, 1.54) is 19.2 Å². The van der Waals surface area contributed by atoms with Crippen molar-refractivity contribution < 1.29 is 13.6 Å². The van der Waals surface area contributed by atoms with Gasteiger partial charge in [0.15, 0.2) is 5.82 Å². The summed E-state index contributed by atoms with van der Waals surface area (Å²) >= 11 is 0. The lowest BCUT2D eigenvalue weighted by molar-refractivity contribution is 0.0957. The highest BCUT2D eigenvalue weighted by molar-refractivity contribution is 5.92. The number of piperidine rings is 1. The number of pyridine rings is 1. The largest absolute Gasteiger partial charge is 0.379 e. The van der Waals surface area contributed by atoms with Gasteiger partial charge in [0, 0.05) is 38.3 Å². The molecule has 168 valence electrons. The van der Waals surface area contributed by atoms with Gasteiger partial charge in [-0.3, -0.25) is 14.5 Å². The van der Waals surface area contributed by atoms with Gasteiger partial charge in [-0.2, -0.15) is 4.39 Å². The topological polar surface area (TPSA) is 103 Å². The third-order valence-corrected chi connectivity index (χ3v) is 5.70. The number of aryl methyl sites for hydroxylation is 1. The van der Waals surface area contributed by atoms with E-state index < -0.39 is 23.2 Å². The predicted molar refractivity (Wildman–Crippen MR) is 117 cm³/mol. The third kappa shape index (κ3) is 4.45. The second kappa shape index (κ2) is 8.99. The van der Waals surface area contributed by atoms with Crippen molar-refractivity contribution in [3.63, 3.8) is 0 Å². The zero-order valence-electron chi connectivity index (χ0n) is 17.8. The van der Waals surface area contributed by atoms with Gasteiger partial charge in [0.1, 0.15) is 16.9 Å². The molecule has 0 bridgehead atoms. The SMILES string of the molecule is CNC(=O)c1ccc(NC2CCN(Cc3ccc4nc(C)c(=O)[nH]c4c3F)CC2)c(F)n1. The highest BCUT2D eigenvalue weighted by atomic mass is 19.1. The molecule has 10 heteroatoms. The average molecular weight is 442 g/mol. The lowest BCUT2D eigenvalue weighted by atomic mass is 10.0. The maximum absolute atomic E-state index is 14.9. The number of nitrogens with one attached hydrogen (secondary N) is 3. The number of nitrogens with zero attached hydrogens (tertiary/aromatic N) is 3. The second-order valence-electron chi connectivity index (χ2n) is 7.89. The van der Waals surface area contributed by atoms with E-state index in [4.69, 9.17) is 0 Å². The van der Waals surface area contributed by atoms with Crippen LogP contribution < -0.4 is 16.2 Å². The molecule has 1 aliphatic rings. The van der Waals surface area contributed by atoms with Crippen LogP contribution in [0, 0.1) is 18.7 Å². The number of anilines is 1. The van der Waals surface area contributed by atoms with Crippen LogP contribution in [0.1, 0.15) is 34.6 Å². The second-order valence-corrected chi connectivity index (χ2v) is 7.89. The Morgan fingerprint density at radius 2 is 1.94 bits per heavy atom. The van der Waals surface area contributed by atoms with Crippen molar-refractivity contribution in [2.45, 2.75) is 32.4 Å². The van der Waals surface area contributed by atoms with E-state index in [0.717, 1.165) is 12.8 Å². The van der Waals surface area contributed by atoms with Crippen LogP contribution in [-0.4, -0.2) is 51.9 Å². The fourth-order valence-corrected chi connectivity index (χ4v) is 3.87. The summed E-state index contributed by atoms with van der Waals surface area (Å²) in [6.45, 7) is 3.38. The standard InChI is InChI=1S/C22H24F2N6O2/c1-12-21(31)29-19-15(26-12)4-3-13(18(19)23)11-30-9-7-14(8-10-30)27-16-5-6-17(22(32)25-2)28-20(16)24/h3-6,14,27H,7-11H2,1-2H3,(H,25,32)(H,29,31). The monoisotopic (exact) mass is 442 g/mol. The molecule has 1 aromatic carbocycles. The van der Waals surface area contributed by atoms with E-state index in [-0.39, 0.29) is 22.9 Å². The van der Waals surface area contributed by atoms with Crippen LogP contribution in [0.4, 0.5) is 14.5 Å². The molecular formula is C22H24F2N6O2. The number of aromatic nitrogens is 3. The highest BCUT2D eigenvalue weighted by Crippen LogP contribution is 2.23. The number of hydrogen-bond donors (Lipinski definition) is 3. The molecule has 4 rings (SSSR count). The summed E-state index contributed by atoms with van der Waals surface area (Å²) in [6.07, 6.45) is 1.48. The zero-order valence-corrected chi connectivity index (χ0v) is 17.8. The number of aromatic amines is 1. The van der Waals surface area contributed by atoms with Gasteiger partial charge in [0.05, 0.1) is 11.2 Å². The Bertz CT molecular complexity index is 1220. The Labute approximate surface area is 183 Å². The lowest BCUT2D eigenvalue weighted by Crippen LogP contribution is -2.39. The first kappa shape index (κ1) is 21.8. The molecule has 1 aliphatic heterocycles. The number of H-pyrrole nitrogens is 1. The summed E-state index contributed by atoms with van der Waals surface area (Å²) in [6, 6.07) is 6.44. The first-order chi connectivity index (χ1) is 15.4. The van der Waals surface area contributed by atoms with Crippen LogP contribution in [0.25, 0.3) is 11.0 Å². The molecule has 3 N–H and O–H groups in total. The number of halogens is 2. The molecule has 0 unspecified atom stereocenters. The molecule has 32 heavy (non-hydrogen) atoms. The van der Waals surface area contributed by atoms with Gasteiger partial charge >= 0.3 is 0 Å². The highest BCUT2D eigenvalue weighted by Gasteiger charge is 2.22. The van der Waals surface area contributed by atoms with Crippen molar-refractivity contribution in [2.75, 3.05) is 25.5 Å². The zero-order chi connectivity index (χ0) is 22.8. The van der Waals surface area contributed by atoms with Crippen LogP contribution in [0.2, 0.25) is 0 Å². The summed E-state index contributed by atoms with van der Waals surface area (Å²) in [5.74, 6) is -1.62. The maximum atomic E-state index is 14.9. The van der Waals surface area contributed by atoms with Gasteiger partial charge in [-0.25, -0.2) is 14.4 Å². The van der Waals surface area contributed by atoms with Crippen molar-refractivity contribution >= 4 is 22.6 Å². The maximum Gasteiger partial charge on any atom is 0.269 e. The van der Waals surface area contributed by atoms with Crippen molar-refractivity contribution in [1.29, 1.82) is 0 Å². The summed E-state index contributed by atoms with van der Waals surface area (Å²) in [5.41, 5.74) is 1.21. The lowest BCUT2D eigenvalue weighted by Gasteiger charge is -2.33. The minimum atomic E-state index is -0.718. The fourth-order valence-electron chi connectivity index (χ4n) is 3.87. The van der Waals surface area contributed by atoms with E-state index >= 15 is 0 Å². The van der Waals surface area contributed by atoms with Crippen molar-refractivity contribution in [2.24, 2.45) is 0 Å². The summed E-state index contributed by atoms with van der Waals surface area (Å²) < 4.78 is 29.2. The molecule has 2 aromatic heterocycles. The summed E-state index contributed by atoms with van der Waals surface area (Å²) in [5, 5.41) is 5.56. The van der Waals surface area contributed by atoms with Crippen LogP contribution in [-0.2, 0) is 6.54 Å². The molecular weight excluding hydrogens is 418 g/mol. The van der Waals surface area contributed by atoms with Gasteiger partial charge < -0.3 is 15.6 Å². The Hall–Kier alpha value is -3.40. The van der Waals surface area contributed by atoms with Gasteiger partial charge in [-0.05, 0) is 38.0 Å². The minimum Gasteiger partial charge on any atom is -0.379 e. The smallest absolute Gasteiger partial charge is 0.269 e. The van der Waals surface area contributed by atoms with Crippen molar-refractivity contribution in [3.8, 4) is 0 Å². The van der Waals surface area contributed by atoms with Crippen LogP contribution in [0.5, 0.6) is 0 Å². The number of hydrogen-bond acceptors (Lipinski definition) is 6. The number of benzene rings is 1. The molecule has 1 saturated heterocycles. The molecule has 0 saturated carbocycles. The minimum absolute atomic E-state index is 0.0227. The Kier molecular flexibility index (Phi) is 6.13. The van der Waals surface area contributed by atoms with Crippen LogP contribution >= 0.6 is 0 Å². The molecule has 1 fully saturated rings. The van der Waals surface area contributed by atoms with Gasteiger partial charge in [-0.15, -0.1) is 0 Å². The van der Waals surface area contributed by atoms with Gasteiger partial charge in [0.25, 0.3) is 11.5 Å². The molecule has 0 spiro atoms. The number of carbonyl (C=O) groups is 1. The van der Waals surface area contributed by atoms with Crippen molar-refractivity contribution in [1.82, 2.24) is 25.2 Å². The first-order valence-corrected chi connectivity index (χ1v) is 10.4. The molecule has 3 heterocycles. The fraction of sp³-hybridized carbons (Fsp3) is 0.364. The van der Waals surface area contributed by atoms with Gasteiger partial charge in [-0.1, -0.05) is 6.07 Å². The number of fused-ring (bicyclic) bond motifs is 1. The number of likely N-dealkylation sites (tertiary alicyclic amines) is 1. The quantitative estimate of drug-likeness (QED) is 0.524. The molecule has 0 radical (unpaired) electrons. The van der Waals surface area contributed by atoms with Crippen LogP contribution in [0.15, 0.2) is 29.1 Å². The average Bonchev–Trinajstić information content (AvgIpc) is 2.79. The predicted octanol–water partition coefficient (Wildman–Crippen LogP) is 2.34.